The molecule has 4 aromatic rings. The van der Waals surface area contributed by atoms with Crippen LogP contribution >= 0.6 is 0 Å². The summed E-state index contributed by atoms with van der Waals surface area (Å²) < 4.78 is 35.0. The third-order valence-corrected chi connectivity index (χ3v) is 11.5. The van der Waals surface area contributed by atoms with Gasteiger partial charge in [0.2, 0.25) is 0 Å². The van der Waals surface area contributed by atoms with E-state index in [1.165, 1.54) is 49.8 Å². The molecule has 0 unspecified atom stereocenters. The summed E-state index contributed by atoms with van der Waals surface area (Å²) in [5.41, 5.74) is 8.35. The lowest BCUT2D eigenvalue weighted by Crippen LogP contribution is -2.11. The second-order valence-corrected chi connectivity index (χ2v) is 15.1. The van der Waals surface area contributed by atoms with Crippen LogP contribution in [0, 0.1) is 0 Å². The maximum absolute atomic E-state index is 13.1. The maximum Gasteiger partial charge on any atom is 0.310 e. The second kappa shape index (κ2) is 24.2. The number of aromatic nitrogens is 4. The number of carbonyl (C=O) groups is 8. The molecule has 19 heteroatoms. The topological polar surface area (TPSA) is 264 Å². The predicted molar refractivity (Wildman–Crippen MR) is 230 cm³/mol. The van der Waals surface area contributed by atoms with Crippen molar-refractivity contribution >= 4 is 48.1 Å². The van der Waals surface area contributed by atoms with Gasteiger partial charge < -0.3 is 53.1 Å². The Morgan fingerprint density at radius 1 is 0.431 bits per heavy atom. The fourth-order valence-corrected chi connectivity index (χ4v) is 8.06. The lowest BCUT2D eigenvalue weighted by Gasteiger charge is -2.10. The Labute approximate surface area is 375 Å². The molecule has 65 heavy (non-hydrogen) atoms. The molecule has 352 valence electrons. The van der Waals surface area contributed by atoms with Gasteiger partial charge in [-0.25, -0.2) is 0 Å². The summed E-state index contributed by atoms with van der Waals surface area (Å²) in [6, 6.07) is 0. The predicted octanol–water partition coefficient (Wildman–Crippen LogP) is 3.33. The van der Waals surface area contributed by atoms with Gasteiger partial charge in [-0.1, -0.05) is 6.92 Å². The lowest BCUT2D eigenvalue weighted by atomic mass is 9.94. The van der Waals surface area contributed by atoms with Crippen molar-refractivity contribution in [3.63, 3.8) is 0 Å². The molecule has 0 amide bonds. The molecule has 4 heterocycles. The van der Waals surface area contributed by atoms with E-state index in [-0.39, 0.29) is 89.2 Å². The van der Waals surface area contributed by atoms with Crippen LogP contribution in [0.4, 0.5) is 0 Å². The molecule has 0 bridgehead atoms. The van der Waals surface area contributed by atoms with Gasteiger partial charge in [-0.15, -0.1) is 0 Å². The number of aromatic amines is 4. The quantitative estimate of drug-likeness (QED) is 0.0422. The molecule has 4 rings (SSSR count). The maximum atomic E-state index is 13.1. The lowest BCUT2D eigenvalue weighted by molar-refractivity contribution is -0.141. The molecule has 0 spiro atoms. The smallest absolute Gasteiger partial charge is 0.310 e. The van der Waals surface area contributed by atoms with Gasteiger partial charge in [0.15, 0.2) is 6.29 Å². The standard InChI is InChI=1S/C46H58N4O15/c1-9-25-23-47-33(29(25)16-43(55)62-5)20-34-26(10-13-40(52)59-2)30(17-44(56)63-6)37(48-34)21-35-27(11-14-41(53)60-3)31(18-45(57)64-7)38(49-35)22-36-28(12-15-42(54)61-4)32(19-46(58)65-8)39(24-51)50-36/h23-24,47-50H,9-22H2,1-8H3. The van der Waals surface area contributed by atoms with Crippen LogP contribution in [0.5, 0.6) is 0 Å². The van der Waals surface area contributed by atoms with Gasteiger partial charge in [0.25, 0.3) is 0 Å². The molecule has 0 aliphatic rings. The molecular formula is C46H58N4O15. The molecule has 0 fully saturated rings. The number of carbonyl (C=O) groups excluding carboxylic acids is 8. The molecule has 4 N–H and O–H groups in total. The summed E-state index contributed by atoms with van der Waals surface area (Å²) in [4.78, 5) is 115. The summed E-state index contributed by atoms with van der Waals surface area (Å²) >= 11 is 0. The Balaban J connectivity index is 2.00. The Hall–Kier alpha value is -6.92. The highest BCUT2D eigenvalue weighted by atomic mass is 16.5. The van der Waals surface area contributed by atoms with E-state index >= 15 is 0 Å². The number of H-pyrrole nitrogens is 4. The first-order valence-electron chi connectivity index (χ1n) is 20.9. The first-order valence-corrected chi connectivity index (χ1v) is 20.9. The van der Waals surface area contributed by atoms with Gasteiger partial charge in [-0.05, 0) is 70.2 Å². The molecule has 0 saturated carbocycles. The summed E-state index contributed by atoms with van der Waals surface area (Å²) in [5, 5.41) is 0. The normalized spacial score (nSPS) is 10.9. The summed E-state index contributed by atoms with van der Waals surface area (Å²) in [6.07, 6.45) is 2.89. The highest BCUT2D eigenvalue weighted by Gasteiger charge is 2.29. The third kappa shape index (κ3) is 13.1. The number of ether oxygens (including phenoxy) is 7. The van der Waals surface area contributed by atoms with E-state index in [2.05, 4.69) is 19.9 Å². The van der Waals surface area contributed by atoms with Crippen molar-refractivity contribution in [2.45, 2.75) is 96.8 Å². The van der Waals surface area contributed by atoms with Crippen LogP contribution in [-0.4, -0.2) is 118 Å². The molecule has 0 radical (unpaired) electrons. The molecule has 0 saturated heterocycles. The molecule has 0 aliphatic carbocycles. The fraction of sp³-hybridized carbons (Fsp3) is 0.478. The van der Waals surface area contributed by atoms with E-state index in [1.54, 1.807) is 0 Å². The van der Waals surface area contributed by atoms with E-state index in [0.29, 0.717) is 74.6 Å². The van der Waals surface area contributed by atoms with Crippen LogP contribution in [0.25, 0.3) is 0 Å². The number of nitrogens with one attached hydrogen (secondary N) is 4. The van der Waals surface area contributed by atoms with Crippen LogP contribution in [0.15, 0.2) is 6.20 Å². The van der Waals surface area contributed by atoms with E-state index in [1.807, 2.05) is 13.1 Å². The van der Waals surface area contributed by atoms with E-state index in [0.717, 1.165) is 16.8 Å². The number of esters is 7. The highest BCUT2D eigenvalue weighted by Crippen LogP contribution is 2.33. The SMILES string of the molecule is CCc1c[nH]c(Cc2[nH]c(Cc3[nH]c(Cc4[nH]c(C=O)c(CC(=O)OC)c4CCC(=O)OC)c(CC(=O)OC)c3CCC(=O)OC)c(CC(=O)OC)c2CCC(=O)OC)c1CC(=O)OC. The Morgan fingerprint density at radius 2 is 0.754 bits per heavy atom. The minimum Gasteiger partial charge on any atom is -0.469 e. The molecule has 19 nitrogen and oxygen atoms in total. The van der Waals surface area contributed by atoms with E-state index in [9.17, 15) is 38.4 Å². The largest absolute Gasteiger partial charge is 0.469 e. The van der Waals surface area contributed by atoms with E-state index < -0.39 is 41.8 Å². The highest BCUT2D eigenvalue weighted by molar-refractivity contribution is 5.82. The first kappa shape index (κ1) is 50.7. The van der Waals surface area contributed by atoms with Crippen molar-refractivity contribution in [2.24, 2.45) is 0 Å². The number of rotatable bonds is 25. The second-order valence-electron chi connectivity index (χ2n) is 15.1. The zero-order chi connectivity index (χ0) is 47.8. The minimum absolute atomic E-state index is 0.0140. The van der Waals surface area contributed by atoms with Crippen molar-refractivity contribution in [1.82, 2.24) is 19.9 Å². The Kier molecular flexibility index (Phi) is 18.9. The Bertz CT molecular complexity index is 2380. The average molecular weight is 907 g/mol. The Morgan fingerprint density at radius 3 is 1.12 bits per heavy atom. The van der Waals surface area contributed by atoms with Crippen LogP contribution in [0.2, 0.25) is 0 Å². The summed E-state index contributed by atoms with van der Waals surface area (Å²) in [5.74, 6) is -3.69. The molecule has 4 aromatic heterocycles. The number of methoxy groups -OCH3 is 7. The minimum atomic E-state index is -0.614. The van der Waals surface area contributed by atoms with Crippen molar-refractivity contribution in [3.05, 3.63) is 90.6 Å². The van der Waals surface area contributed by atoms with Crippen LogP contribution in [0.1, 0.15) is 115 Å². The summed E-state index contributed by atoms with van der Waals surface area (Å²) in [7, 11) is 8.84. The number of hydrogen-bond acceptors (Lipinski definition) is 15. The monoisotopic (exact) mass is 906 g/mol. The molecular weight excluding hydrogens is 849 g/mol. The van der Waals surface area contributed by atoms with Crippen LogP contribution in [-0.2, 0) is 137 Å². The zero-order valence-corrected chi connectivity index (χ0v) is 38.2. The number of aldehydes is 1. The average Bonchev–Trinajstić information content (AvgIpc) is 4.04. The zero-order valence-electron chi connectivity index (χ0n) is 38.2. The van der Waals surface area contributed by atoms with Crippen LogP contribution in [0.3, 0.4) is 0 Å². The molecule has 0 aromatic carbocycles. The van der Waals surface area contributed by atoms with Gasteiger partial charge in [0.1, 0.15) is 0 Å². The van der Waals surface area contributed by atoms with Gasteiger partial charge >= 0.3 is 41.8 Å². The van der Waals surface area contributed by atoms with Gasteiger partial charge in [-0.2, -0.15) is 0 Å². The van der Waals surface area contributed by atoms with Crippen molar-refractivity contribution in [1.29, 1.82) is 0 Å². The van der Waals surface area contributed by atoms with Gasteiger partial charge in [0.05, 0.1) is 81.1 Å². The van der Waals surface area contributed by atoms with Crippen molar-refractivity contribution < 1.29 is 71.5 Å². The van der Waals surface area contributed by atoms with Crippen LogP contribution < -0.4 is 0 Å². The third-order valence-electron chi connectivity index (χ3n) is 11.5. The first-order chi connectivity index (χ1) is 31.2. The summed E-state index contributed by atoms with van der Waals surface area (Å²) in [6.45, 7) is 1.97. The number of hydrogen-bond donors (Lipinski definition) is 4. The molecule has 0 aliphatic heterocycles. The van der Waals surface area contributed by atoms with Gasteiger partial charge in [-0.3, -0.25) is 38.4 Å². The molecule has 0 atom stereocenters. The van der Waals surface area contributed by atoms with Gasteiger partial charge in [0, 0.05) is 78.9 Å². The number of aryl methyl sites for hydroxylation is 1. The van der Waals surface area contributed by atoms with Crippen molar-refractivity contribution in [3.8, 4) is 0 Å². The van der Waals surface area contributed by atoms with Crippen molar-refractivity contribution in [2.75, 3.05) is 49.8 Å². The fourth-order valence-electron chi connectivity index (χ4n) is 8.06. The van der Waals surface area contributed by atoms with E-state index in [4.69, 9.17) is 33.2 Å².